The van der Waals surface area contributed by atoms with Gasteiger partial charge in [0.15, 0.2) is 0 Å². The lowest BCUT2D eigenvalue weighted by Gasteiger charge is -2.32. The molecule has 0 aromatic carbocycles. The van der Waals surface area contributed by atoms with Crippen molar-refractivity contribution in [3.05, 3.63) is 69.9 Å². The first-order valence-corrected chi connectivity index (χ1v) is 25.4. The number of aliphatic carboxylic acids is 3. The summed E-state index contributed by atoms with van der Waals surface area (Å²) in [5, 5.41) is 34.3. The molecule has 5 N–H and O–H groups in total. The summed E-state index contributed by atoms with van der Waals surface area (Å²) in [7, 11) is 0. The smallest absolute Gasteiger partial charge is 0.317 e. The zero-order valence-corrected chi connectivity index (χ0v) is 43.3. The number of hydrogen-bond acceptors (Lipinski definition) is 9. The SMILES string of the molecule is CC(C)=CCC/C(C)=C/CC/C(C)=C/CC/C=C(\C)CC/C=C(\C)CC/C=C(\C)CCC(=O)NCCCCCCNC(=O)CN1CCN(CC(=O)O)CCN(CC(=O)O)CCN(CC(=O)O)CC1. The average Bonchev–Trinajstić information content (AvgIpc) is 3.25. The second kappa shape index (κ2) is 38.5. The first-order valence-electron chi connectivity index (χ1n) is 25.4. The van der Waals surface area contributed by atoms with E-state index < -0.39 is 17.9 Å². The largest absolute Gasteiger partial charge is 0.480 e. The molecule has 0 radical (unpaired) electrons. The van der Waals surface area contributed by atoms with Crippen LogP contribution in [-0.4, -0.2) is 156 Å². The van der Waals surface area contributed by atoms with Crippen LogP contribution in [0.3, 0.4) is 0 Å². The fourth-order valence-electron chi connectivity index (χ4n) is 7.90. The van der Waals surface area contributed by atoms with Crippen LogP contribution < -0.4 is 10.6 Å². The van der Waals surface area contributed by atoms with Gasteiger partial charge in [0, 0.05) is 71.9 Å². The summed E-state index contributed by atoms with van der Waals surface area (Å²) >= 11 is 0. The van der Waals surface area contributed by atoms with Gasteiger partial charge in [-0.15, -0.1) is 0 Å². The van der Waals surface area contributed by atoms with Gasteiger partial charge in [0.25, 0.3) is 0 Å². The molecule has 14 heteroatoms. The van der Waals surface area contributed by atoms with E-state index in [0.717, 1.165) is 96.3 Å². The lowest BCUT2D eigenvalue weighted by atomic mass is 10.0. The van der Waals surface area contributed by atoms with Crippen molar-refractivity contribution in [1.29, 1.82) is 0 Å². The van der Waals surface area contributed by atoms with E-state index in [2.05, 4.69) is 95.6 Å². The second-order valence-electron chi connectivity index (χ2n) is 19.2. The van der Waals surface area contributed by atoms with Crippen LogP contribution in [0.15, 0.2) is 69.9 Å². The van der Waals surface area contributed by atoms with Gasteiger partial charge in [0.1, 0.15) is 0 Å². The van der Waals surface area contributed by atoms with Crippen LogP contribution in [-0.2, 0) is 24.0 Å². The van der Waals surface area contributed by atoms with Crippen molar-refractivity contribution >= 4 is 29.7 Å². The number of rotatable bonds is 33. The zero-order chi connectivity index (χ0) is 50.5. The van der Waals surface area contributed by atoms with Gasteiger partial charge >= 0.3 is 17.9 Å². The van der Waals surface area contributed by atoms with Crippen molar-refractivity contribution in [3.63, 3.8) is 0 Å². The number of nitrogens with zero attached hydrogens (tertiary/aromatic N) is 4. The van der Waals surface area contributed by atoms with E-state index in [-0.39, 0.29) is 38.0 Å². The molecule has 0 aliphatic carbocycles. The van der Waals surface area contributed by atoms with E-state index >= 15 is 0 Å². The molecule has 14 nitrogen and oxygen atoms in total. The molecule has 0 aromatic rings. The van der Waals surface area contributed by atoms with E-state index in [0.29, 0.717) is 71.9 Å². The maximum Gasteiger partial charge on any atom is 0.317 e. The number of amides is 2. The molecule has 1 heterocycles. The summed E-state index contributed by atoms with van der Waals surface area (Å²) in [6.45, 7) is 18.8. The van der Waals surface area contributed by atoms with E-state index in [1.54, 1.807) is 14.7 Å². The van der Waals surface area contributed by atoms with Crippen molar-refractivity contribution in [2.24, 2.45) is 0 Å². The third kappa shape index (κ3) is 36.6. The molecule has 1 fully saturated rings. The summed E-state index contributed by atoms with van der Waals surface area (Å²) in [6.07, 6.45) is 29.9. The van der Waals surface area contributed by atoms with E-state index in [4.69, 9.17) is 0 Å². The van der Waals surface area contributed by atoms with Crippen LogP contribution in [0.4, 0.5) is 0 Å². The summed E-state index contributed by atoms with van der Waals surface area (Å²) in [4.78, 5) is 67.0. The molecule has 386 valence electrons. The lowest BCUT2D eigenvalue weighted by molar-refractivity contribution is -0.140. The third-order valence-electron chi connectivity index (χ3n) is 12.2. The van der Waals surface area contributed by atoms with Crippen LogP contribution in [0.5, 0.6) is 0 Å². The Balaban J connectivity index is 2.29. The van der Waals surface area contributed by atoms with Crippen LogP contribution in [0.2, 0.25) is 0 Å². The lowest BCUT2D eigenvalue weighted by Crippen LogP contribution is -2.49. The minimum absolute atomic E-state index is 0.0685. The van der Waals surface area contributed by atoms with Crippen LogP contribution in [0, 0.1) is 0 Å². The number of carbonyl (C=O) groups is 5. The van der Waals surface area contributed by atoms with Gasteiger partial charge in [0.05, 0.1) is 26.2 Å². The fourth-order valence-corrected chi connectivity index (χ4v) is 7.90. The molecule has 68 heavy (non-hydrogen) atoms. The molecular formula is C54H92N6O8. The number of carboxylic acids is 3. The van der Waals surface area contributed by atoms with Crippen molar-refractivity contribution < 1.29 is 39.3 Å². The standard InChI is InChI=1S/C54H92N6O8/c1-44(2)18-14-21-47(5)24-15-22-45(3)19-10-11-20-46(4)23-16-25-48(6)26-17-27-49(7)28-29-50(61)55-30-12-8-9-13-31-56-51(62)40-57-32-34-58(41-52(63)64)36-38-60(43-54(67)68)39-37-59(35-33-57)42-53(65)66/h18-20,24-25,27H,8-17,21-23,26,28-43H2,1-7H3,(H,55,61)(H,56,62)(H,63,64)(H,65,66)(H,67,68)/b45-19+,46-20+,47-24+,48-25+,49-27+. The predicted octanol–water partition coefficient (Wildman–Crippen LogP) is 8.63. The van der Waals surface area contributed by atoms with Gasteiger partial charge in [-0.2, -0.15) is 0 Å². The molecule has 2 amide bonds. The highest BCUT2D eigenvalue weighted by Crippen LogP contribution is 2.16. The molecule has 1 aliphatic rings. The van der Waals surface area contributed by atoms with Crippen LogP contribution >= 0.6 is 0 Å². The Labute approximate surface area is 410 Å². The highest BCUT2D eigenvalue weighted by atomic mass is 16.4. The zero-order valence-electron chi connectivity index (χ0n) is 43.3. The Kier molecular flexibility index (Phi) is 34.9. The number of carbonyl (C=O) groups excluding carboxylic acids is 2. The van der Waals surface area contributed by atoms with Gasteiger partial charge in [-0.3, -0.25) is 43.6 Å². The molecule has 1 rings (SSSR count). The third-order valence-corrected chi connectivity index (χ3v) is 12.2. The average molecular weight is 953 g/mol. The molecule has 1 saturated heterocycles. The molecule has 0 unspecified atom stereocenters. The van der Waals surface area contributed by atoms with Crippen molar-refractivity contribution in [1.82, 2.24) is 30.2 Å². The molecule has 0 spiro atoms. The Bertz CT molecular complexity index is 1660. The van der Waals surface area contributed by atoms with Gasteiger partial charge in [0.2, 0.25) is 11.8 Å². The highest BCUT2D eigenvalue weighted by Gasteiger charge is 2.21. The Morgan fingerprint density at radius 2 is 0.662 bits per heavy atom. The number of unbranched alkanes of at least 4 members (excludes halogenated alkanes) is 4. The number of allylic oxidation sites excluding steroid dienone is 12. The van der Waals surface area contributed by atoms with E-state index in [1.807, 2.05) is 4.90 Å². The fraction of sp³-hybridized carbons (Fsp3) is 0.685. The summed E-state index contributed by atoms with van der Waals surface area (Å²) in [6, 6.07) is 0. The molecule has 1 aliphatic heterocycles. The van der Waals surface area contributed by atoms with Crippen molar-refractivity contribution in [2.75, 3.05) is 91.6 Å². The quantitative estimate of drug-likeness (QED) is 0.0313. The normalized spacial score (nSPS) is 16.2. The number of hydrogen-bond donors (Lipinski definition) is 5. The minimum atomic E-state index is -1.01. The van der Waals surface area contributed by atoms with Crippen LogP contribution in [0.1, 0.15) is 151 Å². The van der Waals surface area contributed by atoms with Crippen LogP contribution in [0.25, 0.3) is 0 Å². The summed E-state index contributed by atoms with van der Waals surface area (Å²) < 4.78 is 0. The Morgan fingerprint density at radius 3 is 1.00 bits per heavy atom. The van der Waals surface area contributed by atoms with Gasteiger partial charge < -0.3 is 26.0 Å². The van der Waals surface area contributed by atoms with Gasteiger partial charge in [-0.25, -0.2) is 0 Å². The molecule has 0 atom stereocenters. The molecular weight excluding hydrogens is 861 g/mol. The monoisotopic (exact) mass is 953 g/mol. The number of carboxylic acid groups (broad SMARTS) is 3. The van der Waals surface area contributed by atoms with Crippen molar-refractivity contribution in [3.8, 4) is 0 Å². The number of nitrogens with one attached hydrogen (secondary N) is 2. The topological polar surface area (TPSA) is 183 Å². The Hall–Kier alpha value is -4.37. The van der Waals surface area contributed by atoms with E-state index in [9.17, 15) is 39.3 Å². The summed E-state index contributed by atoms with van der Waals surface area (Å²) in [5.41, 5.74) is 8.50. The highest BCUT2D eigenvalue weighted by molar-refractivity contribution is 5.78. The van der Waals surface area contributed by atoms with E-state index in [1.165, 1.54) is 33.4 Å². The molecule has 0 aromatic heterocycles. The van der Waals surface area contributed by atoms with Crippen molar-refractivity contribution in [2.45, 2.75) is 151 Å². The second-order valence-corrected chi connectivity index (χ2v) is 19.2. The summed E-state index contributed by atoms with van der Waals surface area (Å²) in [5.74, 6) is -3.08. The minimum Gasteiger partial charge on any atom is -0.480 e. The van der Waals surface area contributed by atoms with Gasteiger partial charge in [-0.05, 0) is 132 Å². The molecule has 0 saturated carbocycles. The maximum absolute atomic E-state index is 12.9. The maximum atomic E-state index is 12.9. The first kappa shape index (κ1) is 61.6. The Morgan fingerprint density at radius 1 is 0.368 bits per heavy atom. The van der Waals surface area contributed by atoms with Gasteiger partial charge in [-0.1, -0.05) is 82.7 Å². The predicted molar refractivity (Wildman–Crippen MR) is 277 cm³/mol. The first-order chi connectivity index (χ1) is 32.4. The molecule has 0 bridgehead atoms.